The van der Waals surface area contributed by atoms with Gasteiger partial charge in [0.15, 0.2) is 0 Å². The largest absolute Gasteiger partial charge is 0.437 e. The van der Waals surface area contributed by atoms with Gasteiger partial charge in [0.05, 0.1) is 21.7 Å². The zero-order valence-corrected chi connectivity index (χ0v) is 18.6. The number of carbonyl (C=O) groups excluding carboxylic acids is 1. The summed E-state index contributed by atoms with van der Waals surface area (Å²) in [7, 11) is -3.69. The fourth-order valence-corrected chi connectivity index (χ4v) is 5.14. The van der Waals surface area contributed by atoms with Crippen LogP contribution in [0.3, 0.4) is 0 Å². The first-order valence-corrected chi connectivity index (χ1v) is 11.9. The molecular formula is C22H21ClN4O4S. The van der Waals surface area contributed by atoms with Crippen molar-refractivity contribution in [1.29, 1.82) is 0 Å². The molecule has 3 aromatic rings. The second-order valence-electron chi connectivity index (χ2n) is 7.23. The minimum absolute atomic E-state index is 0.0497. The summed E-state index contributed by atoms with van der Waals surface area (Å²) in [6.07, 6.45) is 7.18. The fraction of sp³-hybridized carbons (Fsp3) is 0.227. The highest BCUT2D eigenvalue weighted by atomic mass is 35.5. The van der Waals surface area contributed by atoms with Crippen LogP contribution in [0.5, 0.6) is 11.6 Å². The lowest BCUT2D eigenvalue weighted by molar-refractivity contribution is 0.102. The van der Waals surface area contributed by atoms with Crippen LogP contribution < -0.4 is 10.1 Å². The minimum atomic E-state index is -3.69. The summed E-state index contributed by atoms with van der Waals surface area (Å²) in [5.41, 5.74) is 0.529. The first-order chi connectivity index (χ1) is 15.4. The molecule has 0 spiro atoms. The standard InChI is InChI=1S/C22H21ClN4O4S/c23-20-8-7-18(32(29,30)27-11-2-1-3-12-27)14-19(20)22(28)26-16-5-4-6-17(13-16)31-21-15-24-9-10-25-21/h4-10,13-15H,1-3,11-12H2,(H,26,28). The molecule has 4 rings (SSSR count). The molecule has 0 bridgehead atoms. The van der Waals surface area contributed by atoms with Crippen LogP contribution in [0.15, 0.2) is 66.0 Å². The molecule has 166 valence electrons. The zero-order chi connectivity index (χ0) is 22.6. The number of sulfonamides is 1. The van der Waals surface area contributed by atoms with Gasteiger partial charge in [-0.25, -0.2) is 13.4 Å². The van der Waals surface area contributed by atoms with Gasteiger partial charge in [-0.3, -0.25) is 9.78 Å². The van der Waals surface area contributed by atoms with Gasteiger partial charge < -0.3 is 10.1 Å². The maximum atomic E-state index is 13.0. The molecule has 1 aliphatic heterocycles. The Hall–Kier alpha value is -3.01. The van der Waals surface area contributed by atoms with Gasteiger partial charge >= 0.3 is 0 Å². The molecule has 1 amide bonds. The molecule has 1 aromatic heterocycles. The Morgan fingerprint density at radius 1 is 1.06 bits per heavy atom. The molecule has 0 aliphatic carbocycles. The number of benzene rings is 2. The highest BCUT2D eigenvalue weighted by molar-refractivity contribution is 7.89. The number of carbonyl (C=O) groups is 1. The molecule has 10 heteroatoms. The molecule has 8 nitrogen and oxygen atoms in total. The molecule has 0 saturated carbocycles. The number of rotatable bonds is 6. The van der Waals surface area contributed by atoms with Crippen molar-refractivity contribution in [3.05, 3.63) is 71.6 Å². The van der Waals surface area contributed by atoms with E-state index in [1.807, 2.05) is 0 Å². The third kappa shape index (κ3) is 5.07. The van der Waals surface area contributed by atoms with Crippen molar-refractivity contribution in [1.82, 2.24) is 14.3 Å². The third-order valence-electron chi connectivity index (χ3n) is 4.99. The van der Waals surface area contributed by atoms with Gasteiger partial charge in [-0.1, -0.05) is 24.1 Å². The van der Waals surface area contributed by atoms with E-state index in [1.165, 1.54) is 41.1 Å². The average molecular weight is 473 g/mol. The van der Waals surface area contributed by atoms with Gasteiger partial charge in [0, 0.05) is 37.2 Å². The van der Waals surface area contributed by atoms with Crippen LogP contribution in [0.4, 0.5) is 5.69 Å². The summed E-state index contributed by atoms with van der Waals surface area (Å²) in [5.74, 6) is 0.243. The van der Waals surface area contributed by atoms with Crippen LogP contribution in [0.2, 0.25) is 5.02 Å². The third-order valence-corrected chi connectivity index (χ3v) is 7.21. The number of piperidine rings is 1. The van der Waals surface area contributed by atoms with E-state index in [-0.39, 0.29) is 15.5 Å². The Balaban J connectivity index is 1.53. The number of amides is 1. The maximum Gasteiger partial charge on any atom is 0.257 e. The summed E-state index contributed by atoms with van der Waals surface area (Å²) in [4.78, 5) is 20.9. The van der Waals surface area contributed by atoms with E-state index < -0.39 is 15.9 Å². The first kappa shape index (κ1) is 22.2. The SMILES string of the molecule is O=C(Nc1cccc(Oc2cnccn2)c1)c1cc(S(=O)(=O)N2CCCCC2)ccc1Cl. The average Bonchev–Trinajstić information content (AvgIpc) is 2.80. The normalized spacial score (nSPS) is 14.7. The Labute approximate surface area is 191 Å². The van der Waals surface area contributed by atoms with Crippen molar-refractivity contribution in [3.63, 3.8) is 0 Å². The second kappa shape index (κ2) is 9.64. The number of ether oxygens (including phenoxy) is 1. The number of halogens is 1. The fourth-order valence-electron chi connectivity index (χ4n) is 3.39. The highest BCUT2D eigenvalue weighted by Gasteiger charge is 2.27. The van der Waals surface area contributed by atoms with Gasteiger partial charge in [0.1, 0.15) is 5.75 Å². The number of hydrogen-bond acceptors (Lipinski definition) is 6. The molecule has 1 aliphatic rings. The van der Waals surface area contributed by atoms with Crippen molar-refractivity contribution in [2.24, 2.45) is 0 Å². The molecule has 0 unspecified atom stereocenters. The topological polar surface area (TPSA) is 101 Å². The Bertz CT molecular complexity index is 1220. The predicted octanol–water partition coefficient (Wildman–Crippen LogP) is 4.35. The minimum Gasteiger partial charge on any atom is -0.437 e. The molecule has 2 aromatic carbocycles. The molecule has 1 fully saturated rings. The lowest BCUT2D eigenvalue weighted by atomic mass is 10.2. The van der Waals surface area contributed by atoms with Crippen LogP contribution in [-0.4, -0.2) is 41.7 Å². The van der Waals surface area contributed by atoms with Crippen molar-refractivity contribution in [2.75, 3.05) is 18.4 Å². The van der Waals surface area contributed by atoms with E-state index in [1.54, 1.807) is 24.3 Å². The van der Waals surface area contributed by atoms with Crippen LogP contribution in [0.25, 0.3) is 0 Å². The van der Waals surface area contributed by atoms with E-state index in [0.29, 0.717) is 30.4 Å². The van der Waals surface area contributed by atoms with Crippen molar-refractivity contribution >= 4 is 33.2 Å². The lowest BCUT2D eigenvalue weighted by Gasteiger charge is -2.26. The van der Waals surface area contributed by atoms with Crippen molar-refractivity contribution < 1.29 is 17.9 Å². The summed E-state index contributed by atoms with van der Waals surface area (Å²) >= 11 is 6.22. The summed E-state index contributed by atoms with van der Waals surface area (Å²) in [6.45, 7) is 0.955. The van der Waals surface area contributed by atoms with E-state index in [4.69, 9.17) is 16.3 Å². The van der Waals surface area contributed by atoms with Crippen LogP contribution in [-0.2, 0) is 10.0 Å². The second-order valence-corrected chi connectivity index (χ2v) is 9.58. The number of aromatic nitrogens is 2. The number of hydrogen-bond donors (Lipinski definition) is 1. The monoisotopic (exact) mass is 472 g/mol. The summed E-state index contributed by atoms with van der Waals surface area (Å²) in [5, 5.41) is 2.89. The maximum absolute atomic E-state index is 13.0. The van der Waals surface area contributed by atoms with E-state index in [2.05, 4.69) is 15.3 Å². The van der Waals surface area contributed by atoms with Gasteiger partial charge in [-0.15, -0.1) is 0 Å². The summed E-state index contributed by atoms with van der Waals surface area (Å²) < 4.78 is 33.0. The predicted molar refractivity (Wildman–Crippen MR) is 121 cm³/mol. The molecule has 0 atom stereocenters. The summed E-state index contributed by atoms with van der Waals surface area (Å²) in [6, 6.07) is 10.9. The number of nitrogens with zero attached hydrogens (tertiary/aromatic N) is 3. The number of nitrogens with one attached hydrogen (secondary N) is 1. The molecule has 0 radical (unpaired) electrons. The zero-order valence-electron chi connectivity index (χ0n) is 17.1. The molecule has 1 saturated heterocycles. The van der Waals surface area contributed by atoms with Crippen molar-refractivity contribution in [3.8, 4) is 11.6 Å². The Kier molecular flexibility index (Phi) is 6.69. The van der Waals surface area contributed by atoms with Crippen molar-refractivity contribution in [2.45, 2.75) is 24.2 Å². The van der Waals surface area contributed by atoms with Crippen LogP contribution in [0.1, 0.15) is 29.6 Å². The highest BCUT2D eigenvalue weighted by Crippen LogP contribution is 2.27. The quantitative estimate of drug-likeness (QED) is 0.572. The Morgan fingerprint density at radius 2 is 1.88 bits per heavy atom. The lowest BCUT2D eigenvalue weighted by Crippen LogP contribution is -2.35. The molecular weight excluding hydrogens is 452 g/mol. The first-order valence-electron chi connectivity index (χ1n) is 10.1. The number of anilines is 1. The van der Waals surface area contributed by atoms with E-state index in [9.17, 15) is 13.2 Å². The smallest absolute Gasteiger partial charge is 0.257 e. The van der Waals surface area contributed by atoms with E-state index >= 15 is 0 Å². The van der Waals surface area contributed by atoms with Crippen LogP contribution >= 0.6 is 11.6 Å². The molecule has 2 heterocycles. The van der Waals surface area contributed by atoms with Crippen LogP contribution in [0, 0.1) is 0 Å². The van der Waals surface area contributed by atoms with E-state index in [0.717, 1.165) is 19.3 Å². The molecule has 32 heavy (non-hydrogen) atoms. The Morgan fingerprint density at radius 3 is 2.62 bits per heavy atom. The van der Waals surface area contributed by atoms with Gasteiger partial charge in [0.2, 0.25) is 15.9 Å². The van der Waals surface area contributed by atoms with Gasteiger partial charge in [-0.2, -0.15) is 4.31 Å². The van der Waals surface area contributed by atoms with Gasteiger partial charge in [-0.05, 0) is 43.2 Å². The molecule has 1 N–H and O–H groups in total. The van der Waals surface area contributed by atoms with Gasteiger partial charge in [0.25, 0.3) is 5.91 Å².